The molecule has 2 aromatic carbocycles. The fourth-order valence-electron chi connectivity index (χ4n) is 2.53. The number of hydrogen-bond acceptors (Lipinski definition) is 8. The smallest absolute Gasteiger partial charge is 0.280 e. The molecule has 0 saturated carbocycles. The minimum absolute atomic E-state index is 0.0965. The van der Waals surface area contributed by atoms with Crippen LogP contribution in [-0.2, 0) is 10.0 Å². The molecule has 158 valence electrons. The van der Waals surface area contributed by atoms with Crippen molar-refractivity contribution in [2.75, 3.05) is 35.5 Å². The highest BCUT2D eigenvalue weighted by atomic mass is 32.2. The van der Waals surface area contributed by atoms with Crippen molar-refractivity contribution in [3.8, 4) is 28.7 Å². The molecule has 0 unspecified atom stereocenters. The van der Waals surface area contributed by atoms with Crippen molar-refractivity contribution in [2.24, 2.45) is 5.10 Å². The summed E-state index contributed by atoms with van der Waals surface area (Å²) >= 11 is 0. The summed E-state index contributed by atoms with van der Waals surface area (Å²) in [5, 5.41) is 4.01. The van der Waals surface area contributed by atoms with Crippen LogP contribution < -0.4 is 28.5 Å². The molecule has 0 radical (unpaired) electrons. The molecule has 0 amide bonds. The maximum absolute atomic E-state index is 12.7. The summed E-state index contributed by atoms with van der Waals surface area (Å²) in [6, 6.07) is 7.79. The number of nitrogens with one attached hydrogen (secondary N) is 1. The van der Waals surface area contributed by atoms with Crippen molar-refractivity contribution < 1.29 is 32.1 Å². The lowest BCUT2D eigenvalue weighted by atomic mass is 10.1. The van der Waals surface area contributed by atoms with E-state index in [1.165, 1.54) is 47.7 Å². The number of sulfonamides is 1. The Labute approximate surface area is 170 Å². The van der Waals surface area contributed by atoms with E-state index in [1.807, 2.05) is 0 Å². The lowest BCUT2D eigenvalue weighted by molar-refractivity contribution is 0.324. The van der Waals surface area contributed by atoms with Crippen molar-refractivity contribution in [1.29, 1.82) is 0 Å². The van der Waals surface area contributed by atoms with Crippen LogP contribution in [0.5, 0.6) is 28.7 Å². The summed E-state index contributed by atoms with van der Waals surface area (Å²) in [5.74, 6) is 1.81. The SMILES string of the molecule is COc1ccc(OC)c(S(=O)(=O)N/N=C(/C)c2cc(OC)c(OC)c(OC)c2)c1. The van der Waals surface area contributed by atoms with E-state index in [4.69, 9.17) is 23.7 Å². The molecule has 2 aromatic rings. The third-order valence-corrected chi connectivity index (χ3v) is 5.31. The van der Waals surface area contributed by atoms with E-state index in [-0.39, 0.29) is 10.6 Å². The Morgan fingerprint density at radius 2 is 1.41 bits per heavy atom. The molecule has 0 fully saturated rings. The number of methoxy groups -OCH3 is 5. The zero-order valence-corrected chi connectivity index (χ0v) is 17.9. The largest absolute Gasteiger partial charge is 0.497 e. The lowest BCUT2D eigenvalue weighted by Crippen LogP contribution is -2.20. The molecule has 0 aliphatic heterocycles. The van der Waals surface area contributed by atoms with Gasteiger partial charge in [-0.3, -0.25) is 0 Å². The molecule has 29 heavy (non-hydrogen) atoms. The molecule has 0 bridgehead atoms. The molecule has 9 nitrogen and oxygen atoms in total. The Kier molecular flexibility index (Phi) is 7.16. The fraction of sp³-hybridized carbons (Fsp3) is 0.316. The number of hydrogen-bond donors (Lipinski definition) is 1. The van der Waals surface area contributed by atoms with Gasteiger partial charge in [0.05, 0.1) is 41.3 Å². The Hall–Kier alpha value is -3.14. The van der Waals surface area contributed by atoms with Crippen molar-refractivity contribution >= 4 is 15.7 Å². The summed E-state index contributed by atoms with van der Waals surface area (Å²) in [6.07, 6.45) is 0. The van der Waals surface area contributed by atoms with Gasteiger partial charge in [-0.1, -0.05) is 0 Å². The summed E-state index contributed by atoms with van der Waals surface area (Å²) in [5.41, 5.74) is 0.967. The highest BCUT2D eigenvalue weighted by Gasteiger charge is 2.21. The quantitative estimate of drug-likeness (QED) is 0.487. The van der Waals surface area contributed by atoms with Crippen LogP contribution in [0.15, 0.2) is 40.3 Å². The first-order chi connectivity index (χ1) is 13.8. The maximum Gasteiger partial charge on any atom is 0.280 e. The van der Waals surface area contributed by atoms with E-state index in [9.17, 15) is 8.42 Å². The average Bonchev–Trinajstić information content (AvgIpc) is 2.75. The van der Waals surface area contributed by atoms with E-state index in [2.05, 4.69) is 9.93 Å². The third kappa shape index (κ3) is 4.83. The molecule has 0 saturated heterocycles. The first kappa shape index (κ1) is 22.2. The molecule has 0 aliphatic carbocycles. The van der Waals surface area contributed by atoms with Crippen LogP contribution in [0.3, 0.4) is 0 Å². The minimum Gasteiger partial charge on any atom is -0.497 e. The van der Waals surface area contributed by atoms with Crippen LogP contribution in [0.2, 0.25) is 0 Å². The van der Waals surface area contributed by atoms with Crippen LogP contribution >= 0.6 is 0 Å². The van der Waals surface area contributed by atoms with Crippen molar-refractivity contribution in [2.45, 2.75) is 11.8 Å². The average molecular weight is 424 g/mol. The minimum atomic E-state index is -4.01. The standard InChI is InChI=1S/C19H24N2O7S/c1-12(13-9-16(26-4)19(28-6)17(10-13)27-5)20-21-29(22,23)18-11-14(24-2)7-8-15(18)25-3/h7-11,21H,1-6H3/b20-12-. The van der Waals surface area contributed by atoms with E-state index < -0.39 is 10.0 Å². The number of benzene rings is 2. The Morgan fingerprint density at radius 3 is 1.90 bits per heavy atom. The van der Waals surface area contributed by atoms with Gasteiger partial charge in [-0.15, -0.1) is 0 Å². The highest BCUT2D eigenvalue weighted by Crippen LogP contribution is 2.38. The molecular weight excluding hydrogens is 400 g/mol. The Bertz CT molecular complexity index is 979. The zero-order chi connectivity index (χ0) is 21.6. The predicted molar refractivity (Wildman–Crippen MR) is 108 cm³/mol. The van der Waals surface area contributed by atoms with Crippen LogP contribution in [0, 0.1) is 0 Å². The van der Waals surface area contributed by atoms with E-state index in [1.54, 1.807) is 25.1 Å². The predicted octanol–water partition coefficient (Wildman–Crippen LogP) is 2.43. The van der Waals surface area contributed by atoms with Gasteiger partial charge in [-0.05, 0) is 31.2 Å². The summed E-state index contributed by atoms with van der Waals surface area (Å²) in [7, 11) is 3.29. The van der Waals surface area contributed by atoms with Gasteiger partial charge in [0.25, 0.3) is 10.0 Å². The maximum atomic E-state index is 12.7. The summed E-state index contributed by atoms with van der Waals surface area (Å²) in [6.45, 7) is 1.64. The second kappa shape index (κ2) is 9.37. The second-order valence-corrected chi connectivity index (χ2v) is 7.35. The van der Waals surface area contributed by atoms with Crippen LogP contribution in [0.25, 0.3) is 0 Å². The van der Waals surface area contributed by atoms with Gasteiger partial charge in [-0.25, -0.2) is 0 Å². The van der Waals surface area contributed by atoms with Crippen molar-refractivity contribution in [3.05, 3.63) is 35.9 Å². The summed E-state index contributed by atoms with van der Waals surface area (Å²) in [4.78, 5) is 2.12. The molecule has 0 aliphatic rings. The second-order valence-electron chi connectivity index (χ2n) is 5.72. The monoisotopic (exact) mass is 424 g/mol. The lowest BCUT2D eigenvalue weighted by Gasteiger charge is -2.14. The molecule has 0 atom stereocenters. The molecule has 0 aromatic heterocycles. The van der Waals surface area contributed by atoms with E-state index in [0.717, 1.165) is 0 Å². The molecule has 0 heterocycles. The molecular formula is C19H24N2O7S. The van der Waals surface area contributed by atoms with Gasteiger partial charge < -0.3 is 23.7 Å². The zero-order valence-electron chi connectivity index (χ0n) is 17.1. The van der Waals surface area contributed by atoms with Gasteiger partial charge in [-0.2, -0.15) is 18.4 Å². The van der Waals surface area contributed by atoms with Crippen LogP contribution in [-0.4, -0.2) is 49.7 Å². The number of rotatable bonds is 9. The number of nitrogens with zero attached hydrogens (tertiary/aromatic N) is 1. The topological polar surface area (TPSA) is 105 Å². The highest BCUT2D eigenvalue weighted by molar-refractivity contribution is 7.89. The molecule has 10 heteroatoms. The van der Waals surface area contributed by atoms with Gasteiger partial charge in [0.15, 0.2) is 11.5 Å². The summed E-state index contributed by atoms with van der Waals surface area (Å²) < 4.78 is 51.6. The first-order valence-corrected chi connectivity index (χ1v) is 9.88. The van der Waals surface area contributed by atoms with Gasteiger partial charge in [0.2, 0.25) is 5.75 Å². The Morgan fingerprint density at radius 1 is 0.828 bits per heavy atom. The van der Waals surface area contributed by atoms with E-state index in [0.29, 0.717) is 34.3 Å². The normalized spacial score (nSPS) is 11.6. The Balaban J connectivity index is 2.41. The molecule has 1 N–H and O–H groups in total. The van der Waals surface area contributed by atoms with Crippen molar-refractivity contribution in [3.63, 3.8) is 0 Å². The first-order valence-electron chi connectivity index (χ1n) is 8.39. The van der Waals surface area contributed by atoms with Crippen LogP contribution in [0.1, 0.15) is 12.5 Å². The molecule has 2 rings (SSSR count). The number of hydrazone groups is 1. The fourth-order valence-corrected chi connectivity index (χ4v) is 3.57. The number of ether oxygens (including phenoxy) is 5. The van der Waals surface area contributed by atoms with Crippen molar-refractivity contribution in [1.82, 2.24) is 4.83 Å². The molecule has 0 spiro atoms. The van der Waals surface area contributed by atoms with Gasteiger partial charge in [0.1, 0.15) is 16.4 Å². The van der Waals surface area contributed by atoms with Gasteiger partial charge >= 0.3 is 0 Å². The van der Waals surface area contributed by atoms with Crippen LogP contribution in [0.4, 0.5) is 0 Å². The van der Waals surface area contributed by atoms with E-state index >= 15 is 0 Å². The van der Waals surface area contributed by atoms with Gasteiger partial charge in [0, 0.05) is 11.6 Å². The third-order valence-electron chi connectivity index (χ3n) is 4.08.